The molecule has 7 heteroatoms. The quantitative estimate of drug-likeness (QED) is 0.715. The highest BCUT2D eigenvalue weighted by Crippen LogP contribution is 2.25. The summed E-state index contributed by atoms with van der Waals surface area (Å²) in [4.78, 5) is 14.5. The Morgan fingerprint density at radius 1 is 1.12 bits per heavy atom. The Morgan fingerprint density at radius 2 is 1.72 bits per heavy atom. The standard InChI is InChI=1S/C18H20ClNO4S/c1-13(2)20(18(21)15-9-5-6-10-16(15)19)12-14-8-4-7-11-17(14)24-25(3,22)23/h4-11,13H,12H2,1-3H3. The summed E-state index contributed by atoms with van der Waals surface area (Å²) in [5, 5.41) is 0.374. The number of carbonyl (C=O) groups is 1. The summed E-state index contributed by atoms with van der Waals surface area (Å²) in [5.41, 5.74) is 1.00. The molecule has 2 aromatic carbocycles. The van der Waals surface area contributed by atoms with Crippen molar-refractivity contribution < 1.29 is 17.4 Å². The predicted octanol–water partition coefficient (Wildman–Crippen LogP) is 3.73. The van der Waals surface area contributed by atoms with Gasteiger partial charge < -0.3 is 9.08 Å². The first kappa shape index (κ1) is 19.3. The van der Waals surface area contributed by atoms with E-state index in [1.165, 1.54) is 0 Å². The van der Waals surface area contributed by atoms with Crippen LogP contribution < -0.4 is 4.18 Å². The van der Waals surface area contributed by atoms with Gasteiger partial charge in [-0.1, -0.05) is 41.9 Å². The summed E-state index contributed by atoms with van der Waals surface area (Å²) in [6.45, 7) is 3.97. The monoisotopic (exact) mass is 381 g/mol. The third kappa shape index (κ3) is 5.21. The Morgan fingerprint density at radius 3 is 2.32 bits per heavy atom. The zero-order chi connectivity index (χ0) is 18.6. The predicted molar refractivity (Wildman–Crippen MR) is 98.4 cm³/mol. The van der Waals surface area contributed by atoms with Crippen LogP contribution in [0, 0.1) is 0 Å². The molecule has 0 aliphatic rings. The molecule has 0 bridgehead atoms. The third-order valence-electron chi connectivity index (χ3n) is 3.54. The Labute approximate surface area is 153 Å². The molecule has 0 aliphatic heterocycles. The third-order valence-corrected chi connectivity index (χ3v) is 4.35. The van der Waals surface area contributed by atoms with E-state index in [0.29, 0.717) is 16.1 Å². The largest absolute Gasteiger partial charge is 0.382 e. The fraction of sp³-hybridized carbons (Fsp3) is 0.278. The second kappa shape index (κ2) is 7.89. The molecule has 0 aliphatic carbocycles. The van der Waals surface area contributed by atoms with Crippen LogP contribution >= 0.6 is 11.6 Å². The second-order valence-electron chi connectivity index (χ2n) is 5.90. The Hall–Kier alpha value is -2.05. The molecule has 0 N–H and O–H groups in total. The maximum absolute atomic E-state index is 12.9. The maximum Gasteiger partial charge on any atom is 0.306 e. The molecule has 0 unspecified atom stereocenters. The highest BCUT2D eigenvalue weighted by molar-refractivity contribution is 7.86. The summed E-state index contributed by atoms with van der Waals surface area (Å²) in [6.07, 6.45) is 0.985. The van der Waals surface area contributed by atoms with Crippen molar-refractivity contribution in [2.45, 2.75) is 26.4 Å². The number of amides is 1. The molecule has 2 aromatic rings. The van der Waals surface area contributed by atoms with E-state index in [4.69, 9.17) is 15.8 Å². The minimum Gasteiger partial charge on any atom is -0.382 e. The van der Waals surface area contributed by atoms with Gasteiger partial charge >= 0.3 is 10.1 Å². The number of para-hydroxylation sites is 1. The van der Waals surface area contributed by atoms with E-state index in [0.717, 1.165) is 6.26 Å². The smallest absolute Gasteiger partial charge is 0.306 e. The van der Waals surface area contributed by atoms with Crippen molar-refractivity contribution in [3.05, 3.63) is 64.7 Å². The molecular weight excluding hydrogens is 362 g/mol. The van der Waals surface area contributed by atoms with Crippen LogP contribution in [-0.4, -0.2) is 31.5 Å². The average Bonchev–Trinajstić information content (AvgIpc) is 2.52. The van der Waals surface area contributed by atoms with E-state index in [1.54, 1.807) is 53.4 Å². The van der Waals surface area contributed by atoms with Gasteiger partial charge in [0.15, 0.2) is 0 Å². The van der Waals surface area contributed by atoms with Crippen LogP contribution in [0.25, 0.3) is 0 Å². The van der Waals surface area contributed by atoms with Crippen LogP contribution in [0.4, 0.5) is 0 Å². The summed E-state index contributed by atoms with van der Waals surface area (Å²) in [6, 6.07) is 13.5. The number of carbonyl (C=O) groups excluding carboxylic acids is 1. The Kier molecular flexibility index (Phi) is 6.08. The normalized spacial score (nSPS) is 11.4. The fourth-order valence-electron chi connectivity index (χ4n) is 2.34. The number of rotatable bonds is 6. The number of hydrogen-bond donors (Lipinski definition) is 0. The van der Waals surface area contributed by atoms with Gasteiger partial charge in [0, 0.05) is 18.2 Å². The maximum atomic E-state index is 12.9. The molecule has 0 radical (unpaired) electrons. The molecule has 0 atom stereocenters. The number of nitrogens with zero attached hydrogens (tertiary/aromatic N) is 1. The summed E-state index contributed by atoms with van der Waals surface area (Å²) in [5.74, 6) is -0.0163. The molecule has 5 nitrogen and oxygen atoms in total. The highest BCUT2D eigenvalue weighted by atomic mass is 35.5. The van der Waals surface area contributed by atoms with Crippen molar-refractivity contribution in [3.8, 4) is 5.75 Å². The molecular formula is C18H20ClNO4S. The van der Waals surface area contributed by atoms with Crippen molar-refractivity contribution >= 4 is 27.6 Å². The molecule has 0 aromatic heterocycles. The van der Waals surface area contributed by atoms with Crippen LogP contribution in [0.5, 0.6) is 5.75 Å². The molecule has 0 heterocycles. The minimum atomic E-state index is -3.66. The number of hydrogen-bond acceptors (Lipinski definition) is 4. The van der Waals surface area contributed by atoms with Crippen LogP contribution in [0.3, 0.4) is 0 Å². The topological polar surface area (TPSA) is 63.7 Å². The SMILES string of the molecule is CC(C)N(Cc1ccccc1OS(C)(=O)=O)C(=O)c1ccccc1Cl. The first-order valence-corrected chi connectivity index (χ1v) is 9.91. The van der Waals surface area contributed by atoms with Gasteiger partial charge in [0.1, 0.15) is 5.75 Å². The lowest BCUT2D eigenvalue weighted by Gasteiger charge is -2.28. The lowest BCUT2D eigenvalue weighted by molar-refractivity contribution is 0.0690. The first-order valence-electron chi connectivity index (χ1n) is 7.72. The van der Waals surface area contributed by atoms with E-state index >= 15 is 0 Å². The van der Waals surface area contributed by atoms with E-state index < -0.39 is 10.1 Å². The summed E-state index contributed by atoms with van der Waals surface area (Å²) >= 11 is 6.14. The van der Waals surface area contributed by atoms with E-state index in [-0.39, 0.29) is 24.2 Å². The van der Waals surface area contributed by atoms with Crippen molar-refractivity contribution in [1.82, 2.24) is 4.90 Å². The fourth-order valence-corrected chi connectivity index (χ4v) is 3.05. The van der Waals surface area contributed by atoms with Crippen molar-refractivity contribution in [1.29, 1.82) is 0 Å². The molecule has 2 rings (SSSR count). The second-order valence-corrected chi connectivity index (χ2v) is 7.88. The van der Waals surface area contributed by atoms with Crippen molar-refractivity contribution in [2.75, 3.05) is 6.26 Å². The van der Waals surface area contributed by atoms with Crippen LogP contribution in [-0.2, 0) is 16.7 Å². The minimum absolute atomic E-state index is 0.116. The summed E-state index contributed by atoms with van der Waals surface area (Å²) in [7, 11) is -3.66. The summed E-state index contributed by atoms with van der Waals surface area (Å²) < 4.78 is 27.9. The van der Waals surface area contributed by atoms with E-state index in [2.05, 4.69) is 0 Å². The lowest BCUT2D eigenvalue weighted by Crippen LogP contribution is -2.36. The van der Waals surface area contributed by atoms with Crippen molar-refractivity contribution in [3.63, 3.8) is 0 Å². The highest BCUT2D eigenvalue weighted by Gasteiger charge is 2.22. The molecule has 0 saturated heterocycles. The van der Waals surface area contributed by atoms with E-state index in [1.807, 2.05) is 13.8 Å². The van der Waals surface area contributed by atoms with E-state index in [9.17, 15) is 13.2 Å². The lowest BCUT2D eigenvalue weighted by atomic mass is 10.1. The van der Waals surface area contributed by atoms with Gasteiger partial charge in [-0.3, -0.25) is 4.79 Å². The molecule has 134 valence electrons. The van der Waals surface area contributed by atoms with Crippen LogP contribution in [0.2, 0.25) is 5.02 Å². The molecule has 0 fully saturated rings. The van der Waals surface area contributed by atoms with Gasteiger partial charge in [0.25, 0.3) is 5.91 Å². The first-order chi connectivity index (χ1) is 11.7. The van der Waals surface area contributed by atoms with Gasteiger partial charge in [0.2, 0.25) is 0 Å². The van der Waals surface area contributed by atoms with Gasteiger partial charge in [-0.2, -0.15) is 8.42 Å². The van der Waals surface area contributed by atoms with Crippen LogP contribution in [0.1, 0.15) is 29.8 Å². The molecule has 0 saturated carbocycles. The zero-order valence-corrected chi connectivity index (χ0v) is 15.8. The number of benzene rings is 2. The number of halogens is 1. The van der Waals surface area contributed by atoms with Crippen LogP contribution in [0.15, 0.2) is 48.5 Å². The molecule has 0 spiro atoms. The van der Waals surface area contributed by atoms with Gasteiger partial charge in [-0.15, -0.1) is 0 Å². The Balaban J connectivity index is 2.35. The molecule has 25 heavy (non-hydrogen) atoms. The van der Waals surface area contributed by atoms with Gasteiger partial charge in [0.05, 0.1) is 16.8 Å². The van der Waals surface area contributed by atoms with Gasteiger partial charge in [-0.05, 0) is 32.0 Å². The zero-order valence-electron chi connectivity index (χ0n) is 14.3. The molecule has 1 amide bonds. The van der Waals surface area contributed by atoms with Gasteiger partial charge in [-0.25, -0.2) is 0 Å². The Bertz CT molecular complexity index is 865. The average molecular weight is 382 g/mol. The van der Waals surface area contributed by atoms with Crippen molar-refractivity contribution in [2.24, 2.45) is 0 Å².